The molecule has 38 heavy (non-hydrogen) atoms. The van der Waals surface area contributed by atoms with E-state index in [-0.39, 0.29) is 18.4 Å². The molecule has 2 aromatic carbocycles. The molecule has 3 rings (SSSR count). The van der Waals surface area contributed by atoms with Crippen LogP contribution in [0.2, 0.25) is 0 Å². The van der Waals surface area contributed by atoms with Crippen LogP contribution in [0.15, 0.2) is 78.7 Å². The first-order valence-electron chi connectivity index (χ1n) is 12.4. The predicted molar refractivity (Wildman–Crippen MR) is 148 cm³/mol. The van der Waals surface area contributed by atoms with Crippen molar-refractivity contribution in [2.24, 2.45) is 0 Å². The molecule has 0 aromatic heterocycles. The maximum absolute atomic E-state index is 12.6. The van der Waals surface area contributed by atoms with Gasteiger partial charge in [0, 0.05) is 38.0 Å². The highest BCUT2D eigenvalue weighted by atomic mass is 16.5. The topological polar surface area (TPSA) is 120 Å². The van der Waals surface area contributed by atoms with Crippen LogP contribution in [0.25, 0.3) is 0 Å². The summed E-state index contributed by atoms with van der Waals surface area (Å²) < 4.78 is 5.55. The summed E-state index contributed by atoms with van der Waals surface area (Å²) in [5.41, 5.74) is 3.97. The number of hydrogen-bond donors (Lipinski definition) is 4. The molecule has 200 valence electrons. The van der Waals surface area contributed by atoms with E-state index in [2.05, 4.69) is 16.0 Å². The lowest BCUT2D eigenvalue weighted by atomic mass is 9.97. The van der Waals surface area contributed by atoms with Crippen LogP contribution in [-0.2, 0) is 9.59 Å². The minimum absolute atomic E-state index is 0.114. The molecule has 1 unspecified atom stereocenters. The summed E-state index contributed by atoms with van der Waals surface area (Å²) in [6.45, 7) is 3.98. The van der Waals surface area contributed by atoms with Crippen molar-refractivity contribution in [1.82, 2.24) is 10.2 Å². The van der Waals surface area contributed by atoms with Crippen molar-refractivity contribution in [1.29, 1.82) is 0 Å². The molecule has 0 bridgehead atoms. The zero-order valence-corrected chi connectivity index (χ0v) is 21.9. The maximum atomic E-state index is 12.6. The molecule has 0 saturated carbocycles. The van der Waals surface area contributed by atoms with Gasteiger partial charge in [-0.25, -0.2) is 4.79 Å². The molecule has 1 aliphatic heterocycles. The minimum atomic E-state index is -0.812. The fourth-order valence-corrected chi connectivity index (χ4v) is 4.02. The third-order valence-corrected chi connectivity index (χ3v) is 5.96. The fourth-order valence-electron chi connectivity index (χ4n) is 4.02. The number of carboxylic acids is 1. The number of rotatable bonds is 11. The molecule has 0 saturated heterocycles. The zero-order valence-electron chi connectivity index (χ0n) is 21.9. The molecule has 9 nitrogen and oxygen atoms in total. The molecular weight excluding hydrogens is 484 g/mol. The van der Waals surface area contributed by atoms with Gasteiger partial charge in [0.25, 0.3) is 0 Å². The lowest BCUT2D eigenvalue weighted by Crippen LogP contribution is -2.26. The standard InChI is InChI=1S/C29H34N4O5/c1-20-8-4-5-10-24(20)31-29(37)32-25-13-12-23(19-27(25)38-3)26(30-21(2)34)18-22-9-6-15-33(17-14-22)16-7-11-28(35)36/h4-6,8-10,12-15,17,19,26H,7,11,16,18H2,1-3H3,(H,30,34)(H,35,36)(H2,31,32,37). The Morgan fingerprint density at radius 1 is 1.05 bits per heavy atom. The van der Waals surface area contributed by atoms with Gasteiger partial charge < -0.3 is 30.7 Å². The number of nitrogens with zero attached hydrogens (tertiary/aromatic N) is 1. The molecule has 1 heterocycles. The van der Waals surface area contributed by atoms with E-state index in [1.165, 1.54) is 14.0 Å². The average molecular weight is 519 g/mol. The van der Waals surface area contributed by atoms with Crippen LogP contribution in [0.1, 0.15) is 43.4 Å². The van der Waals surface area contributed by atoms with Gasteiger partial charge >= 0.3 is 12.0 Å². The van der Waals surface area contributed by atoms with E-state index < -0.39 is 12.0 Å². The summed E-state index contributed by atoms with van der Waals surface area (Å²) in [6, 6.07) is 12.2. The number of methoxy groups -OCH3 is 1. The Balaban J connectivity index is 1.72. The number of ether oxygens (including phenoxy) is 1. The van der Waals surface area contributed by atoms with E-state index in [9.17, 15) is 14.4 Å². The highest BCUT2D eigenvalue weighted by Crippen LogP contribution is 2.31. The Labute approximate surface area is 222 Å². The van der Waals surface area contributed by atoms with E-state index in [0.717, 1.165) is 16.7 Å². The Hall–Kier alpha value is -4.53. The predicted octanol–water partition coefficient (Wildman–Crippen LogP) is 5.35. The molecule has 3 amide bonds. The molecule has 1 atom stereocenters. The van der Waals surface area contributed by atoms with E-state index in [4.69, 9.17) is 9.84 Å². The number of allylic oxidation sites excluding steroid dienone is 3. The maximum Gasteiger partial charge on any atom is 0.323 e. The van der Waals surface area contributed by atoms with Gasteiger partial charge in [-0.15, -0.1) is 0 Å². The number of hydrogen-bond acceptors (Lipinski definition) is 5. The fraction of sp³-hybridized carbons (Fsp3) is 0.276. The van der Waals surface area contributed by atoms with Gasteiger partial charge in [-0.05, 0) is 66.8 Å². The van der Waals surface area contributed by atoms with E-state index in [1.807, 2.05) is 72.8 Å². The number of carboxylic acid groups (broad SMARTS) is 1. The first-order valence-corrected chi connectivity index (χ1v) is 12.4. The van der Waals surface area contributed by atoms with Crippen LogP contribution in [0, 0.1) is 6.92 Å². The molecule has 0 radical (unpaired) electrons. The molecule has 0 spiro atoms. The third kappa shape index (κ3) is 8.55. The number of amides is 3. The van der Waals surface area contributed by atoms with Crippen molar-refractivity contribution in [3.63, 3.8) is 0 Å². The second kappa shape index (κ2) is 13.7. The number of benzene rings is 2. The lowest BCUT2D eigenvalue weighted by molar-refractivity contribution is -0.137. The normalized spacial score (nSPS) is 13.2. The second-order valence-corrected chi connectivity index (χ2v) is 8.94. The summed E-state index contributed by atoms with van der Waals surface area (Å²) in [7, 11) is 1.53. The van der Waals surface area contributed by atoms with Crippen LogP contribution in [0.3, 0.4) is 0 Å². The molecular formula is C29H34N4O5. The van der Waals surface area contributed by atoms with Gasteiger partial charge in [-0.3, -0.25) is 9.59 Å². The number of carbonyl (C=O) groups is 3. The van der Waals surface area contributed by atoms with Crippen molar-refractivity contribution >= 4 is 29.3 Å². The number of aliphatic carboxylic acids is 1. The molecule has 1 aliphatic rings. The van der Waals surface area contributed by atoms with E-state index in [1.54, 1.807) is 12.1 Å². The largest absolute Gasteiger partial charge is 0.495 e. The molecule has 4 N–H and O–H groups in total. The average Bonchev–Trinajstić information content (AvgIpc) is 3.10. The molecule has 2 aromatic rings. The number of para-hydroxylation sites is 1. The lowest BCUT2D eigenvalue weighted by Gasteiger charge is -2.21. The van der Waals surface area contributed by atoms with Crippen LogP contribution >= 0.6 is 0 Å². The number of carbonyl (C=O) groups excluding carboxylic acids is 2. The Bertz CT molecular complexity index is 1250. The van der Waals surface area contributed by atoms with Crippen LogP contribution in [0.5, 0.6) is 5.75 Å². The zero-order chi connectivity index (χ0) is 27.5. The highest BCUT2D eigenvalue weighted by Gasteiger charge is 2.18. The molecule has 9 heteroatoms. The Morgan fingerprint density at radius 2 is 1.82 bits per heavy atom. The van der Waals surface area contributed by atoms with Gasteiger partial charge in [0.1, 0.15) is 5.75 Å². The van der Waals surface area contributed by atoms with Crippen molar-refractivity contribution in [3.05, 3.63) is 89.8 Å². The number of anilines is 2. The van der Waals surface area contributed by atoms with Gasteiger partial charge in [0.05, 0.1) is 18.8 Å². The first kappa shape index (κ1) is 28.0. The van der Waals surface area contributed by atoms with Gasteiger partial charge in [-0.2, -0.15) is 0 Å². The summed E-state index contributed by atoms with van der Waals surface area (Å²) in [6.07, 6.45) is 10.8. The van der Waals surface area contributed by atoms with Crippen molar-refractivity contribution in [3.8, 4) is 5.75 Å². The monoisotopic (exact) mass is 518 g/mol. The smallest absolute Gasteiger partial charge is 0.323 e. The van der Waals surface area contributed by atoms with Crippen molar-refractivity contribution in [2.75, 3.05) is 24.3 Å². The summed E-state index contributed by atoms with van der Waals surface area (Å²) in [5.74, 6) is -0.515. The first-order chi connectivity index (χ1) is 18.2. The number of aryl methyl sites for hydroxylation is 1. The van der Waals surface area contributed by atoms with Gasteiger partial charge in [0.2, 0.25) is 5.91 Å². The van der Waals surface area contributed by atoms with Crippen LogP contribution < -0.4 is 20.7 Å². The summed E-state index contributed by atoms with van der Waals surface area (Å²) in [5, 5.41) is 17.5. The van der Waals surface area contributed by atoms with Gasteiger partial charge in [-0.1, -0.05) is 30.3 Å². The highest BCUT2D eigenvalue weighted by molar-refractivity contribution is 6.01. The van der Waals surface area contributed by atoms with E-state index in [0.29, 0.717) is 36.5 Å². The van der Waals surface area contributed by atoms with Gasteiger partial charge in [0.15, 0.2) is 0 Å². The molecule has 0 fully saturated rings. The molecule has 0 aliphatic carbocycles. The summed E-state index contributed by atoms with van der Waals surface area (Å²) in [4.78, 5) is 37.3. The SMILES string of the molecule is COc1cc(C(CC2=CC=CN(CCCC(=O)O)C=C2)NC(C)=O)ccc1NC(=O)Nc1ccccc1C. The van der Waals surface area contributed by atoms with Crippen molar-refractivity contribution in [2.45, 2.75) is 39.2 Å². The van der Waals surface area contributed by atoms with Crippen molar-refractivity contribution < 1.29 is 24.2 Å². The van der Waals surface area contributed by atoms with Crippen LogP contribution in [0.4, 0.5) is 16.2 Å². The third-order valence-electron chi connectivity index (χ3n) is 5.96. The number of nitrogens with one attached hydrogen (secondary N) is 3. The Kier molecular flexibility index (Phi) is 10.1. The summed E-state index contributed by atoms with van der Waals surface area (Å²) >= 11 is 0. The second-order valence-electron chi connectivity index (χ2n) is 8.94. The quantitative estimate of drug-likeness (QED) is 0.318. The van der Waals surface area contributed by atoms with Crippen LogP contribution in [-0.4, -0.2) is 41.6 Å². The Morgan fingerprint density at radius 3 is 2.53 bits per heavy atom. The minimum Gasteiger partial charge on any atom is -0.495 e. The van der Waals surface area contributed by atoms with E-state index >= 15 is 0 Å². The number of urea groups is 1.